The van der Waals surface area contributed by atoms with Crippen molar-refractivity contribution in [2.75, 3.05) is 6.61 Å². The molecule has 35 heavy (non-hydrogen) atoms. The molecule has 2 saturated carbocycles. The number of para-hydroxylation sites is 1. The van der Waals surface area contributed by atoms with Crippen LogP contribution >= 0.6 is 23.4 Å². The lowest BCUT2D eigenvalue weighted by molar-refractivity contribution is 0.286. The van der Waals surface area contributed by atoms with Crippen LogP contribution in [0.25, 0.3) is 11.1 Å². The molecule has 1 aromatic heterocycles. The molecule has 184 valence electrons. The molecule has 5 rings (SSSR count). The minimum Gasteiger partial charge on any atom is -0.490 e. The largest absolute Gasteiger partial charge is 0.490 e. The number of rotatable bonds is 12. The molecule has 2 aliphatic carbocycles. The Bertz CT molecular complexity index is 1160. The second-order valence-corrected chi connectivity index (χ2v) is 11.4. The first-order valence-corrected chi connectivity index (χ1v) is 13.9. The minimum atomic E-state index is -0.106. The van der Waals surface area contributed by atoms with E-state index < -0.39 is 0 Å². The summed E-state index contributed by atoms with van der Waals surface area (Å²) < 4.78 is 6.24. The predicted octanol–water partition coefficient (Wildman–Crippen LogP) is 6.98. The average molecular weight is 509 g/mol. The van der Waals surface area contributed by atoms with E-state index >= 15 is 0 Å². The van der Waals surface area contributed by atoms with Gasteiger partial charge in [-0.2, -0.15) is 0 Å². The number of halogens is 1. The zero-order chi connectivity index (χ0) is 24.3. The van der Waals surface area contributed by atoms with Crippen LogP contribution in [0, 0.1) is 0 Å². The van der Waals surface area contributed by atoms with E-state index in [-0.39, 0.29) is 12.1 Å². The maximum Gasteiger partial charge on any atom is 0.127 e. The number of nitrogens with one attached hydrogen (secondary N) is 1. The fourth-order valence-electron chi connectivity index (χ4n) is 4.54. The molecule has 6 heteroatoms. The molecular weight excluding hydrogens is 476 g/mol. The monoisotopic (exact) mass is 508 g/mol. The third-order valence-corrected chi connectivity index (χ3v) is 8.72. The molecular formula is C29H33ClN2O2S. The number of hydrogen-bond acceptors (Lipinski definition) is 5. The topological polar surface area (TPSA) is 54.4 Å². The van der Waals surface area contributed by atoms with Crippen LogP contribution in [-0.2, 0) is 12.1 Å². The molecule has 1 atom stereocenters. The maximum absolute atomic E-state index is 9.34. The highest BCUT2D eigenvalue weighted by molar-refractivity contribution is 8.00. The Hall–Kier alpha value is -2.05. The highest BCUT2D eigenvalue weighted by Gasteiger charge is 2.45. The summed E-state index contributed by atoms with van der Waals surface area (Å²) >= 11 is 8.43. The lowest BCUT2D eigenvalue weighted by atomic mass is 9.94. The smallest absolute Gasteiger partial charge is 0.127 e. The van der Waals surface area contributed by atoms with E-state index in [1.54, 1.807) is 0 Å². The first-order valence-electron chi connectivity index (χ1n) is 12.6. The van der Waals surface area contributed by atoms with Crippen LogP contribution in [0.4, 0.5) is 0 Å². The van der Waals surface area contributed by atoms with Crippen molar-refractivity contribution in [3.05, 3.63) is 77.1 Å². The Morgan fingerprint density at radius 2 is 2.00 bits per heavy atom. The Balaban J connectivity index is 1.36. The van der Waals surface area contributed by atoms with Gasteiger partial charge < -0.3 is 15.2 Å². The Labute approximate surface area is 217 Å². The second kappa shape index (κ2) is 10.9. The summed E-state index contributed by atoms with van der Waals surface area (Å²) in [5, 5.41) is 14.4. The van der Waals surface area contributed by atoms with E-state index in [9.17, 15) is 5.11 Å². The normalized spacial score (nSPS) is 17.2. The van der Waals surface area contributed by atoms with Crippen molar-refractivity contribution >= 4 is 23.4 Å². The van der Waals surface area contributed by atoms with Gasteiger partial charge in [0.25, 0.3) is 0 Å². The van der Waals surface area contributed by atoms with Crippen molar-refractivity contribution < 1.29 is 9.84 Å². The van der Waals surface area contributed by atoms with Gasteiger partial charge >= 0.3 is 0 Å². The van der Waals surface area contributed by atoms with Crippen molar-refractivity contribution in [1.82, 2.24) is 10.3 Å². The molecule has 0 spiro atoms. The Morgan fingerprint density at radius 3 is 2.74 bits per heavy atom. The van der Waals surface area contributed by atoms with Crippen molar-refractivity contribution in [1.29, 1.82) is 0 Å². The molecule has 0 radical (unpaired) electrons. The van der Waals surface area contributed by atoms with Crippen LogP contribution in [0.2, 0.25) is 5.02 Å². The molecule has 0 saturated heterocycles. The molecule has 4 nitrogen and oxygen atoms in total. The quantitative estimate of drug-likeness (QED) is 0.258. The van der Waals surface area contributed by atoms with Crippen molar-refractivity contribution in [3.8, 4) is 16.9 Å². The first kappa shape index (κ1) is 24.6. The number of hydrogen-bond donors (Lipinski definition) is 2. The number of thioether (sulfide) groups is 1. The summed E-state index contributed by atoms with van der Waals surface area (Å²) in [4.78, 5) is 5.69. The summed E-state index contributed by atoms with van der Waals surface area (Å²) in [5.41, 5.74) is 4.54. The van der Waals surface area contributed by atoms with Gasteiger partial charge in [0.1, 0.15) is 5.75 Å². The number of ether oxygens (including phenoxy) is 1. The summed E-state index contributed by atoms with van der Waals surface area (Å²) in [5.74, 6) is 0.958. The highest BCUT2D eigenvalue weighted by Crippen LogP contribution is 2.50. The van der Waals surface area contributed by atoms with Crippen molar-refractivity contribution in [2.45, 2.75) is 73.8 Å². The van der Waals surface area contributed by atoms with Gasteiger partial charge in [0.15, 0.2) is 0 Å². The summed E-state index contributed by atoms with van der Waals surface area (Å²) in [7, 11) is 0. The van der Waals surface area contributed by atoms with E-state index in [1.807, 2.05) is 36.3 Å². The highest BCUT2D eigenvalue weighted by atomic mass is 35.5. The molecule has 1 heterocycles. The van der Waals surface area contributed by atoms with E-state index in [0.29, 0.717) is 17.9 Å². The molecule has 0 aliphatic heterocycles. The fourth-order valence-corrected chi connectivity index (χ4v) is 5.86. The van der Waals surface area contributed by atoms with E-state index in [1.165, 1.54) is 16.0 Å². The van der Waals surface area contributed by atoms with Crippen LogP contribution in [0.3, 0.4) is 0 Å². The third kappa shape index (κ3) is 5.86. The average Bonchev–Trinajstić information content (AvgIpc) is 3.81. The van der Waals surface area contributed by atoms with Gasteiger partial charge in [-0.3, -0.25) is 4.98 Å². The number of aliphatic hydroxyl groups is 1. The predicted molar refractivity (Wildman–Crippen MR) is 144 cm³/mol. The maximum atomic E-state index is 9.34. The van der Waals surface area contributed by atoms with Gasteiger partial charge in [-0.25, -0.2) is 0 Å². The zero-order valence-corrected chi connectivity index (χ0v) is 21.7. The van der Waals surface area contributed by atoms with Crippen molar-refractivity contribution in [2.24, 2.45) is 0 Å². The summed E-state index contributed by atoms with van der Waals surface area (Å²) in [6.07, 6.45) is 10.5. The molecule has 0 bridgehead atoms. The van der Waals surface area contributed by atoms with Crippen LogP contribution in [-0.4, -0.2) is 28.1 Å². The number of aromatic nitrogens is 1. The van der Waals surface area contributed by atoms with Crippen LogP contribution in [0.5, 0.6) is 5.75 Å². The number of benzene rings is 2. The van der Waals surface area contributed by atoms with E-state index in [2.05, 4.69) is 53.6 Å². The Kier molecular flexibility index (Phi) is 7.68. The molecule has 1 unspecified atom stereocenters. The van der Waals surface area contributed by atoms with Gasteiger partial charge in [0, 0.05) is 51.8 Å². The first-order chi connectivity index (χ1) is 17.1. The van der Waals surface area contributed by atoms with Crippen LogP contribution < -0.4 is 10.1 Å². The molecule has 2 aliphatic rings. The van der Waals surface area contributed by atoms with Gasteiger partial charge in [0.05, 0.1) is 6.10 Å². The SMILES string of the molecule is CCC(CCO)Sc1ccc(Cl)c(CNC2(c3cnccc3-c3ccccc3OC3CC3)CC2)c1. The molecule has 2 aromatic carbocycles. The second-order valence-electron chi connectivity index (χ2n) is 9.58. The van der Waals surface area contributed by atoms with Crippen LogP contribution in [0.15, 0.2) is 65.8 Å². The van der Waals surface area contributed by atoms with Crippen molar-refractivity contribution in [3.63, 3.8) is 0 Å². The lowest BCUT2D eigenvalue weighted by Crippen LogP contribution is -2.29. The Morgan fingerprint density at radius 1 is 1.17 bits per heavy atom. The van der Waals surface area contributed by atoms with Gasteiger partial charge in [0.2, 0.25) is 0 Å². The number of aliphatic hydroxyl groups excluding tert-OH is 1. The molecule has 3 aromatic rings. The van der Waals surface area contributed by atoms with Crippen LogP contribution in [0.1, 0.15) is 56.6 Å². The third-order valence-electron chi connectivity index (χ3n) is 6.93. The van der Waals surface area contributed by atoms with E-state index in [0.717, 1.165) is 60.4 Å². The van der Waals surface area contributed by atoms with Gasteiger partial charge in [-0.1, -0.05) is 36.7 Å². The number of nitrogens with zero attached hydrogens (tertiary/aromatic N) is 1. The lowest BCUT2D eigenvalue weighted by Gasteiger charge is -2.23. The fraction of sp³-hybridized carbons (Fsp3) is 0.414. The standard InChI is InChI=1S/C29H33ClN2O2S/c1-2-22(12-16-33)35-23-9-10-27(30)20(17-23)18-32-29(13-14-29)26-19-31-15-11-24(26)25-5-3-4-6-28(25)34-21-7-8-21/h3-6,9-11,15,17,19,21-22,32-33H,2,7-8,12-14,16,18H2,1H3. The molecule has 2 N–H and O–H groups in total. The molecule has 0 amide bonds. The minimum absolute atomic E-state index is 0.106. The van der Waals surface area contributed by atoms with Gasteiger partial charge in [-0.15, -0.1) is 11.8 Å². The van der Waals surface area contributed by atoms with Gasteiger partial charge in [-0.05, 0) is 85.5 Å². The summed E-state index contributed by atoms with van der Waals surface area (Å²) in [6, 6.07) is 16.7. The number of pyridine rings is 1. The van der Waals surface area contributed by atoms with E-state index in [4.69, 9.17) is 16.3 Å². The molecule has 2 fully saturated rings. The zero-order valence-electron chi connectivity index (χ0n) is 20.2. The summed E-state index contributed by atoms with van der Waals surface area (Å²) in [6.45, 7) is 3.08.